The van der Waals surface area contributed by atoms with E-state index in [0.29, 0.717) is 5.69 Å². The van der Waals surface area contributed by atoms with Crippen LogP contribution in [0.1, 0.15) is 36.8 Å². The summed E-state index contributed by atoms with van der Waals surface area (Å²) in [5.41, 5.74) is 4.57. The van der Waals surface area contributed by atoms with E-state index < -0.39 is 0 Å². The van der Waals surface area contributed by atoms with Crippen LogP contribution in [0.15, 0.2) is 36.5 Å². The van der Waals surface area contributed by atoms with Gasteiger partial charge in [-0.25, -0.2) is 4.98 Å². The van der Waals surface area contributed by atoms with E-state index in [4.69, 9.17) is 0 Å². The Hall–Kier alpha value is -2.60. The lowest BCUT2D eigenvalue weighted by atomic mass is 10.1. The van der Waals surface area contributed by atoms with Crippen molar-refractivity contribution in [2.75, 3.05) is 60.9 Å². The van der Waals surface area contributed by atoms with Gasteiger partial charge in [-0.3, -0.25) is 4.79 Å². The summed E-state index contributed by atoms with van der Waals surface area (Å²) in [5.74, 6) is -0.175. The van der Waals surface area contributed by atoms with Gasteiger partial charge in [0.2, 0.25) is 0 Å². The van der Waals surface area contributed by atoms with Gasteiger partial charge in [0.15, 0.2) is 0 Å². The Morgan fingerprint density at radius 1 is 1.07 bits per heavy atom. The zero-order chi connectivity index (χ0) is 20.8. The van der Waals surface area contributed by atoms with Crippen molar-refractivity contribution < 1.29 is 4.79 Å². The fraction of sp³-hybridized carbons (Fsp3) is 0.478. The van der Waals surface area contributed by atoms with Gasteiger partial charge in [-0.15, -0.1) is 0 Å². The van der Waals surface area contributed by atoms with E-state index in [0.717, 1.165) is 62.8 Å². The number of aromatic nitrogens is 1. The fourth-order valence-corrected chi connectivity index (χ4v) is 3.79. The van der Waals surface area contributed by atoms with Gasteiger partial charge in [-0.05, 0) is 63.2 Å². The Morgan fingerprint density at radius 3 is 2.34 bits per heavy atom. The Balaban J connectivity index is 1.64. The van der Waals surface area contributed by atoms with Gasteiger partial charge in [0.1, 0.15) is 5.69 Å². The van der Waals surface area contributed by atoms with Crippen molar-refractivity contribution in [3.05, 3.63) is 47.8 Å². The van der Waals surface area contributed by atoms with Crippen LogP contribution in [0.4, 0.5) is 17.1 Å². The van der Waals surface area contributed by atoms with Crippen LogP contribution >= 0.6 is 0 Å². The molecular weight excluding hydrogens is 362 g/mol. The third-order valence-electron chi connectivity index (χ3n) is 5.75. The molecule has 0 unspecified atom stereocenters. The Morgan fingerprint density at radius 2 is 1.79 bits per heavy atom. The zero-order valence-electron chi connectivity index (χ0n) is 18.1. The van der Waals surface area contributed by atoms with Crippen LogP contribution in [0.25, 0.3) is 0 Å². The lowest BCUT2D eigenvalue weighted by Gasteiger charge is -2.35. The second-order valence-corrected chi connectivity index (χ2v) is 7.45. The van der Waals surface area contributed by atoms with Crippen molar-refractivity contribution in [2.24, 2.45) is 0 Å². The van der Waals surface area contributed by atoms with Gasteiger partial charge in [0.25, 0.3) is 5.91 Å². The topological polar surface area (TPSA) is 51.7 Å². The summed E-state index contributed by atoms with van der Waals surface area (Å²) < 4.78 is 0. The summed E-state index contributed by atoms with van der Waals surface area (Å²) in [6.07, 6.45) is 1.81. The first-order valence-corrected chi connectivity index (χ1v) is 10.7. The molecule has 0 bridgehead atoms. The van der Waals surface area contributed by atoms with Crippen molar-refractivity contribution in [1.82, 2.24) is 9.88 Å². The zero-order valence-corrected chi connectivity index (χ0v) is 18.1. The minimum atomic E-state index is -0.175. The van der Waals surface area contributed by atoms with Gasteiger partial charge in [0.05, 0.1) is 11.9 Å². The molecule has 0 atom stereocenters. The van der Waals surface area contributed by atoms with Crippen LogP contribution in [0.2, 0.25) is 0 Å². The smallest absolute Gasteiger partial charge is 0.274 e. The highest BCUT2D eigenvalue weighted by Gasteiger charge is 2.17. The molecule has 2 aromatic rings. The SMILES string of the molecule is CCN1CCN(c2ccc(C(=O)Nc3ccc(N(CC)CC)cc3C)nc2)CC1. The summed E-state index contributed by atoms with van der Waals surface area (Å²) in [6.45, 7) is 15.7. The maximum absolute atomic E-state index is 12.7. The highest BCUT2D eigenvalue weighted by molar-refractivity contribution is 6.03. The summed E-state index contributed by atoms with van der Waals surface area (Å²) in [5, 5.41) is 3.00. The predicted molar refractivity (Wildman–Crippen MR) is 121 cm³/mol. The van der Waals surface area contributed by atoms with E-state index >= 15 is 0 Å². The van der Waals surface area contributed by atoms with Crippen molar-refractivity contribution in [3.63, 3.8) is 0 Å². The Labute approximate surface area is 174 Å². The maximum atomic E-state index is 12.7. The summed E-state index contributed by atoms with van der Waals surface area (Å²) in [4.78, 5) is 24.1. The lowest BCUT2D eigenvalue weighted by molar-refractivity contribution is 0.102. The molecule has 1 aliphatic heterocycles. The number of piperazine rings is 1. The number of anilines is 3. The normalized spacial score (nSPS) is 14.7. The molecule has 1 amide bonds. The molecule has 1 aromatic heterocycles. The van der Waals surface area contributed by atoms with Crippen LogP contribution in [-0.4, -0.2) is 61.6 Å². The van der Waals surface area contributed by atoms with Gasteiger partial charge in [-0.1, -0.05) is 6.92 Å². The fourth-order valence-electron chi connectivity index (χ4n) is 3.79. The number of carbonyl (C=O) groups excluding carboxylic acids is 1. The quantitative estimate of drug-likeness (QED) is 0.776. The largest absolute Gasteiger partial charge is 0.372 e. The molecule has 29 heavy (non-hydrogen) atoms. The molecule has 3 rings (SSSR count). The van der Waals surface area contributed by atoms with Crippen LogP contribution < -0.4 is 15.1 Å². The molecule has 0 aliphatic carbocycles. The van der Waals surface area contributed by atoms with Gasteiger partial charge < -0.3 is 20.0 Å². The average molecular weight is 396 g/mol. The molecule has 0 saturated carbocycles. The summed E-state index contributed by atoms with van der Waals surface area (Å²) in [7, 11) is 0. The molecule has 1 fully saturated rings. The van der Waals surface area contributed by atoms with Crippen molar-refractivity contribution in [2.45, 2.75) is 27.7 Å². The van der Waals surface area contributed by atoms with E-state index in [2.05, 4.69) is 57.9 Å². The number of benzene rings is 1. The van der Waals surface area contributed by atoms with Crippen LogP contribution in [0.5, 0.6) is 0 Å². The lowest BCUT2D eigenvalue weighted by Crippen LogP contribution is -2.46. The highest BCUT2D eigenvalue weighted by Crippen LogP contribution is 2.23. The minimum absolute atomic E-state index is 0.175. The number of likely N-dealkylation sites (N-methyl/N-ethyl adjacent to an activating group) is 1. The molecule has 2 heterocycles. The number of hydrogen-bond donors (Lipinski definition) is 1. The standard InChI is InChI=1S/C23H33N5O/c1-5-26-12-14-28(15-13-26)20-9-11-22(24-17-20)23(29)25-21-10-8-19(16-18(21)4)27(6-2)7-3/h8-11,16-17H,5-7,12-15H2,1-4H3,(H,25,29). The van der Waals surface area contributed by atoms with Crippen molar-refractivity contribution in [1.29, 1.82) is 0 Å². The molecule has 1 saturated heterocycles. The van der Waals surface area contributed by atoms with Crippen molar-refractivity contribution in [3.8, 4) is 0 Å². The Bertz CT molecular complexity index is 809. The number of amides is 1. The number of rotatable bonds is 7. The second kappa shape index (κ2) is 9.74. The van der Waals surface area contributed by atoms with Crippen LogP contribution in [-0.2, 0) is 0 Å². The van der Waals surface area contributed by atoms with Crippen molar-refractivity contribution >= 4 is 23.0 Å². The number of nitrogens with zero attached hydrogens (tertiary/aromatic N) is 4. The molecule has 6 nitrogen and oxygen atoms in total. The number of carbonyl (C=O) groups is 1. The average Bonchev–Trinajstić information content (AvgIpc) is 2.76. The molecule has 1 N–H and O–H groups in total. The molecule has 156 valence electrons. The first-order valence-electron chi connectivity index (χ1n) is 10.7. The molecular formula is C23H33N5O. The molecule has 6 heteroatoms. The van der Waals surface area contributed by atoms with Gasteiger partial charge >= 0.3 is 0 Å². The van der Waals surface area contributed by atoms with Crippen LogP contribution in [0.3, 0.4) is 0 Å². The van der Waals surface area contributed by atoms with E-state index in [1.54, 1.807) is 0 Å². The molecule has 0 radical (unpaired) electrons. The monoisotopic (exact) mass is 395 g/mol. The first-order chi connectivity index (χ1) is 14.0. The van der Waals surface area contributed by atoms with E-state index in [1.807, 2.05) is 31.3 Å². The number of nitrogens with one attached hydrogen (secondary N) is 1. The number of aryl methyl sites for hydroxylation is 1. The van der Waals surface area contributed by atoms with E-state index in [-0.39, 0.29) is 5.91 Å². The van der Waals surface area contributed by atoms with Gasteiger partial charge in [0, 0.05) is 50.6 Å². The molecule has 1 aliphatic rings. The minimum Gasteiger partial charge on any atom is -0.372 e. The Kier molecular flexibility index (Phi) is 7.09. The maximum Gasteiger partial charge on any atom is 0.274 e. The summed E-state index contributed by atoms with van der Waals surface area (Å²) in [6, 6.07) is 9.97. The number of pyridine rings is 1. The third kappa shape index (κ3) is 5.07. The predicted octanol–water partition coefficient (Wildman–Crippen LogP) is 3.63. The first kappa shape index (κ1) is 21.1. The van der Waals surface area contributed by atoms with Crippen LogP contribution in [0, 0.1) is 6.92 Å². The number of hydrogen-bond acceptors (Lipinski definition) is 5. The molecule has 1 aromatic carbocycles. The van der Waals surface area contributed by atoms with Gasteiger partial charge in [-0.2, -0.15) is 0 Å². The third-order valence-corrected chi connectivity index (χ3v) is 5.75. The van der Waals surface area contributed by atoms with E-state index in [9.17, 15) is 4.79 Å². The molecule has 0 spiro atoms. The van der Waals surface area contributed by atoms with E-state index in [1.165, 1.54) is 5.69 Å². The second-order valence-electron chi connectivity index (χ2n) is 7.45. The summed E-state index contributed by atoms with van der Waals surface area (Å²) >= 11 is 0. The highest BCUT2D eigenvalue weighted by atomic mass is 16.1.